The summed E-state index contributed by atoms with van der Waals surface area (Å²) in [6, 6.07) is 8.31. The number of aromatic nitrogens is 1. The summed E-state index contributed by atoms with van der Waals surface area (Å²) in [7, 11) is 3.35. The highest BCUT2D eigenvalue weighted by molar-refractivity contribution is 5.94. The van der Waals surface area contributed by atoms with Gasteiger partial charge in [-0.25, -0.2) is 0 Å². The van der Waals surface area contributed by atoms with E-state index in [1.807, 2.05) is 6.07 Å². The number of pyridine rings is 1. The monoisotopic (exact) mass is 350 g/mol. The van der Waals surface area contributed by atoms with Crippen LogP contribution in [0.1, 0.15) is 11.1 Å². The van der Waals surface area contributed by atoms with E-state index in [0.29, 0.717) is 6.79 Å². The van der Waals surface area contributed by atoms with Crippen LogP contribution >= 0.6 is 0 Å². The Balaban J connectivity index is 1.81. The molecular formula is C21H20NO4+. The van der Waals surface area contributed by atoms with E-state index in [1.54, 1.807) is 14.2 Å². The summed E-state index contributed by atoms with van der Waals surface area (Å²) in [4.78, 5) is 0. The second kappa shape index (κ2) is 5.53. The molecule has 5 rings (SSSR count). The molecule has 0 radical (unpaired) electrons. The topological polar surface area (TPSA) is 40.8 Å². The largest absolute Gasteiger partial charge is 0.493 e. The zero-order valence-corrected chi connectivity index (χ0v) is 15.1. The van der Waals surface area contributed by atoms with Crippen molar-refractivity contribution >= 4 is 10.8 Å². The number of methoxy groups -OCH3 is 2. The molecule has 0 unspecified atom stereocenters. The molecule has 0 atom stereocenters. The van der Waals surface area contributed by atoms with E-state index in [4.69, 9.17) is 18.9 Å². The Hall–Kier alpha value is -2.95. The molecule has 0 fully saturated rings. The quantitative estimate of drug-likeness (QED) is 0.664. The van der Waals surface area contributed by atoms with Gasteiger partial charge in [-0.1, -0.05) is 0 Å². The SMILES string of the molecule is COc1ccc2c(C)c3[n+](cc2c1OC)CCc1cc2c(cc1-3)OCO2. The van der Waals surface area contributed by atoms with Gasteiger partial charge in [0.15, 0.2) is 35.7 Å². The number of nitrogens with zero attached hydrogens (tertiary/aromatic N) is 1. The van der Waals surface area contributed by atoms with Gasteiger partial charge in [-0.3, -0.25) is 0 Å². The van der Waals surface area contributed by atoms with E-state index >= 15 is 0 Å². The number of fused-ring (bicyclic) bond motifs is 5. The minimum atomic E-state index is 0.298. The third-order valence-electron chi connectivity index (χ3n) is 5.39. The summed E-state index contributed by atoms with van der Waals surface area (Å²) < 4.78 is 24.6. The highest BCUT2D eigenvalue weighted by Crippen LogP contribution is 2.43. The zero-order valence-electron chi connectivity index (χ0n) is 15.1. The summed E-state index contributed by atoms with van der Waals surface area (Å²) in [5.74, 6) is 3.20. The molecule has 0 bridgehead atoms. The Bertz CT molecular complexity index is 1060. The molecule has 0 amide bonds. The zero-order chi connectivity index (χ0) is 17.8. The molecule has 0 saturated heterocycles. The van der Waals surface area contributed by atoms with Crippen molar-refractivity contribution in [3.05, 3.63) is 41.6 Å². The molecule has 5 heteroatoms. The molecule has 2 aliphatic rings. The molecule has 132 valence electrons. The van der Waals surface area contributed by atoms with Gasteiger partial charge in [0.25, 0.3) is 0 Å². The predicted molar refractivity (Wildman–Crippen MR) is 97.2 cm³/mol. The molecule has 0 N–H and O–H groups in total. The maximum absolute atomic E-state index is 5.65. The van der Waals surface area contributed by atoms with E-state index in [0.717, 1.165) is 41.3 Å². The minimum absolute atomic E-state index is 0.298. The molecule has 5 nitrogen and oxygen atoms in total. The number of ether oxygens (including phenoxy) is 4. The molecule has 1 aromatic heterocycles. The van der Waals surface area contributed by atoms with Crippen LogP contribution in [0.5, 0.6) is 23.0 Å². The van der Waals surface area contributed by atoms with Crippen molar-refractivity contribution in [3.63, 3.8) is 0 Å². The average molecular weight is 350 g/mol. The van der Waals surface area contributed by atoms with Crippen LogP contribution in [0.3, 0.4) is 0 Å². The van der Waals surface area contributed by atoms with Crippen LogP contribution in [0.25, 0.3) is 22.0 Å². The first-order chi connectivity index (χ1) is 12.7. The standard InChI is InChI=1S/C21H20NO4/c1-12-14-4-5-17(23-2)21(24-3)16(14)10-22-7-6-13-8-18-19(26-11-25-18)9-15(13)20(12)22/h4-5,8-10H,6-7,11H2,1-3H3/q+1. The summed E-state index contributed by atoms with van der Waals surface area (Å²) in [6.07, 6.45) is 3.13. The smallest absolute Gasteiger partial charge is 0.231 e. The van der Waals surface area contributed by atoms with Gasteiger partial charge in [-0.05, 0) is 36.8 Å². The van der Waals surface area contributed by atoms with E-state index in [1.165, 1.54) is 27.8 Å². The molecule has 0 aliphatic carbocycles. The molecule has 0 saturated carbocycles. The van der Waals surface area contributed by atoms with Crippen molar-refractivity contribution in [3.8, 4) is 34.3 Å². The van der Waals surface area contributed by atoms with Gasteiger partial charge in [-0.2, -0.15) is 4.57 Å². The summed E-state index contributed by atoms with van der Waals surface area (Å²) in [6.45, 7) is 3.38. The fraction of sp³-hybridized carbons (Fsp3) is 0.286. The molecule has 26 heavy (non-hydrogen) atoms. The van der Waals surface area contributed by atoms with Gasteiger partial charge >= 0.3 is 0 Å². The lowest BCUT2D eigenvalue weighted by Gasteiger charge is -2.19. The summed E-state index contributed by atoms with van der Waals surface area (Å²) in [5, 5.41) is 2.23. The normalized spacial score (nSPS) is 14.1. The van der Waals surface area contributed by atoms with Crippen LogP contribution in [0.15, 0.2) is 30.5 Å². The van der Waals surface area contributed by atoms with Crippen LogP contribution in [-0.4, -0.2) is 21.0 Å². The Morgan fingerprint density at radius 3 is 2.58 bits per heavy atom. The molecule has 3 heterocycles. The number of rotatable bonds is 2. The number of benzene rings is 2. The van der Waals surface area contributed by atoms with Crippen molar-refractivity contribution in [1.82, 2.24) is 0 Å². The maximum Gasteiger partial charge on any atom is 0.231 e. The Labute approximate surface area is 151 Å². The average Bonchev–Trinajstić information content (AvgIpc) is 3.12. The van der Waals surface area contributed by atoms with Crippen LogP contribution in [-0.2, 0) is 13.0 Å². The van der Waals surface area contributed by atoms with Crippen LogP contribution < -0.4 is 23.5 Å². The van der Waals surface area contributed by atoms with E-state index in [-0.39, 0.29) is 0 Å². The maximum atomic E-state index is 5.65. The first-order valence-electron chi connectivity index (χ1n) is 8.72. The first-order valence-corrected chi connectivity index (χ1v) is 8.72. The Morgan fingerprint density at radius 2 is 1.81 bits per heavy atom. The molecule has 3 aromatic rings. The lowest BCUT2D eigenvalue weighted by Crippen LogP contribution is -2.40. The van der Waals surface area contributed by atoms with Crippen molar-refractivity contribution in [2.75, 3.05) is 21.0 Å². The van der Waals surface area contributed by atoms with Crippen molar-refractivity contribution < 1.29 is 23.5 Å². The van der Waals surface area contributed by atoms with E-state index < -0.39 is 0 Å². The minimum Gasteiger partial charge on any atom is -0.493 e. The van der Waals surface area contributed by atoms with Gasteiger partial charge in [0.2, 0.25) is 12.5 Å². The highest BCUT2D eigenvalue weighted by atomic mass is 16.7. The van der Waals surface area contributed by atoms with E-state index in [9.17, 15) is 0 Å². The summed E-state index contributed by atoms with van der Waals surface area (Å²) >= 11 is 0. The second-order valence-corrected chi connectivity index (χ2v) is 6.67. The van der Waals surface area contributed by atoms with Gasteiger partial charge in [0, 0.05) is 17.4 Å². The van der Waals surface area contributed by atoms with Crippen LogP contribution in [0, 0.1) is 6.92 Å². The third kappa shape index (κ3) is 2.00. The fourth-order valence-corrected chi connectivity index (χ4v) is 4.15. The van der Waals surface area contributed by atoms with Gasteiger partial charge < -0.3 is 18.9 Å². The summed E-state index contributed by atoms with van der Waals surface area (Å²) in [5.41, 5.74) is 4.97. The Kier molecular flexibility index (Phi) is 3.26. The lowest BCUT2D eigenvalue weighted by atomic mass is 9.92. The lowest BCUT2D eigenvalue weighted by molar-refractivity contribution is -0.686. The van der Waals surface area contributed by atoms with Crippen molar-refractivity contribution in [1.29, 1.82) is 0 Å². The van der Waals surface area contributed by atoms with Crippen molar-refractivity contribution in [2.24, 2.45) is 0 Å². The molecule has 2 aromatic carbocycles. The fourth-order valence-electron chi connectivity index (χ4n) is 4.15. The number of hydrogen-bond acceptors (Lipinski definition) is 4. The van der Waals surface area contributed by atoms with E-state index in [2.05, 4.69) is 35.9 Å². The van der Waals surface area contributed by atoms with Gasteiger partial charge in [-0.15, -0.1) is 0 Å². The highest BCUT2D eigenvalue weighted by Gasteiger charge is 2.30. The van der Waals surface area contributed by atoms with Crippen LogP contribution in [0.4, 0.5) is 0 Å². The van der Waals surface area contributed by atoms with Gasteiger partial charge in [0.1, 0.15) is 0 Å². The van der Waals surface area contributed by atoms with Crippen LogP contribution in [0.2, 0.25) is 0 Å². The third-order valence-corrected chi connectivity index (χ3v) is 5.39. The Morgan fingerprint density at radius 1 is 1.00 bits per heavy atom. The first kappa shape index (κ1) is 15.3. The number of aryl methyl sites for hydroxylation is 3. The predicted octanol–water partition coefficient (Wildman–Crippen LogP) is 3.40. The molecule has 2 aliphatic heterocycles. The van der Waals surface area contributed by atoms with Crippen molar-refractivity contribution in [2.45, 2.75) is 19.9 Å². The number of hydrogen-bond donors (Lipinski definition) is 0. The second-order valence-electron chi connectivity index (χ2n) is 6.67. The molecular weight excluding hydrogens is 330 g/mol. The molecule has 0 spiro atoms. The van der Waals surface area contributed by atoms with Gasteiger partial charge in [0.05, 0.1) is 25.2 Å².